The second kappa shape index (κ2) is 6.72. The lowest BCUT2D eigenvalue weighted by Gasteiger charge is -1.99. The van der Waals surface area contributed by atoms with Crippen molar-refractivity contribution in [3.05, 3.63) is 43.0 Å². The molecule has 0 aliphatic rings. The van der Waals surface area contributed by atoms with Gasteiger partial charge in [-0.2, -0.15) is 5.26 Å². The van der Waals surface area contributed by atoms with Crippen LogP contribution in [0.1, 0.15) is 6.42 Å². The molecular formula is C15H10N6OS. The molecule has 1 amide bonds. The number of pyridine rings is 1. The molecule has 3 heterocycles. The average Bonchev–Trinajstić information content (AvgIpc) is 3.00. The van der Waals surface area contributed by atoms with E-state index in [1.807, 2.05) is 18.2 Å². The fourth-order valence-electron chi connectivity index (χ4n) is 1.88. The zero-order chi connectivity index (χ0) is 16.1. The largest absolute Gasteiger partial charge is 0.301 e. The van der Waals surface area contributed by atoms with Crippen molar-refractivity contribution in [3.8, 4) is 28.0 Å². The van der Waals surface area contributed by atoms with Crippen LogP contribution in [0.25, 0.3) is 22.0 Å². The van der Waals surface area contributed by atoms with E-state index in [0.29, 0.717) is 22.2 Å². The number of carbonyl (C=O) groups is 1. The second-order valence-electron chi connectivity index (χ2n) is 4.39. The van der Waals surface area contributed by atoms with Gasteiger partial charge in [0, 0.05) is 18.6 Å². The topological polar surface area (TPSA) is 104 Å². The smallest absolute Gasteiger partial charge is 0.240 e. The summed E-state index contributed by atoms with van der Waals surface area (Å²) < 4.78 is 0. The molecule has 3 rings (SSSR count). The Balaban J connectivity index is 2.04. The molecule has 112 valence electrons. The second-order valence-corrected chi connectivity index (χ2v) is 5.38. The van der Waals surface area contributed by atoms with Crippen LogP contribution in [-0.2, 0) is 4.79 Å². The van der Waals surface area contributed by atoms with Crippen molar-refractivity contribution >= 4 is 22.4 Å². The Morgan fingerprint density at radius 3 is 2.78 bits per heavy atom. The number of aromatic nitrogens is 4. The molecule has 3 aromatic rings. The molecule has 0 saturated heterocycles. The highest BCUT2D eigenvalue weighted by molar-refractivity contribution is 7.19. The number of nitrogens with one attached hydrogen (secondary N) is 1. The van der Waals surface area contributed by atoms with Gasteiger partial charge in [-0.25, -0.2) is 4.98 Å². The van der Waals surface area contributed by atoms with Gasteiger partial charge < -0.3 is 5.32 Å². The summed E-state index contributed by atoms with van der Waals surface area (Å²) in [4.78, 5) is 29.4. The number of anilines is 1. The number of rotatable bonds is 4. The summed E-state index contributed by atoms with van der Waals surface area (Å²) >= 11 is 1.27. The minimum Gasteiger partial charge on any atom is -0.301 e. The summed E-state index contributed by atoms with van der Waals surface area (Å²) in [5.74, 6) is -0.403. The van der Waals surface area contributed by atoms with Gasteiger partial charge >= 0.3 is 0 Å². The fraction of sp³-hybridized carbons (Fsp3) is 0.0667. The first-order chi connectivity index (χ1) is 11.3. The van der Waals surface area contributed by atoms with Crippen molar-refractivity contribution in [2.24, 2.45) is 0 Å². The van der Waals surface area contributed by atoms with E-state index in [-0.39, 0.29) is 6.42 Å². The van der Waals surface area contributed by atoms with Crippen molar-refractivity contribution in [3.63, 3.8) is 0 Å². The van der Waals surface area contributed by atoms with E-state index in [2.05, 4.69) is 25.3 Å². The van der Waals surface area contributed by atoms with Crippen LogP contribution < -0.4 is 5.32 Å². The molecule has 0 spiro atoms. The Morgan fingerprint density at radius 2 is 2.09 bits per heavy atom. The Kier molecular flexibility index (Phi) is 4.31. The van der Waals surface area contributed by atoms with Crippen molar-refractivity contribution in [2.75, 3.05) is 5.32 Å². The van der Waals surface area contributed by atoms with Crippen LogP contribution in [0.3, 0.4) is 0 Å². The number of hydrogen-bond acceptors (Lipinski definition) is 7. The van der Waals surface area contributed by atoms with E-state index in [4.69, 9.17) is 5.26 Å². The summed E-state index contributed by atoms with van der Waals surface area (Å²) in [5.41, 5.74) is 1.93. The molecule has 8 heteroatoms. The highest BCUT2D eigenvalue weighted by atomic mass is 32.1. The summed E-state index contributed by atoms with van der Waals surface area (Å²) in [6.45, 7) is 0. The summed E-state index contributed by atoms with van der Waals surface area (Å²) in [6, 6.07) is 7.30. The zero-order valence-corrected chi connectivity index (χ0v) is 12.6. The molecule has 23 heavy (non-hydrogen) atoms. The van der Waals surface area contributed by atoms with Crippen molar-refractivity contribution in [2.45, 2.75) is 6.42 Å². The fourth-order valence-corrected chi connectivity index (χ4v) is 2.83. The molecule has 0 saturated carbocycles. The lowest BCUT2D eigenvalue weighted by Crippen LogP contribution is -2.09. The molecule has 3 aromatic heterocycles. The third-order valence-electron chi connectivity index (χ3n) is 2.82. The number of hydrogen-bond donors (Lipinski definition) is 1. The van der Waals surface area contributed by atoms with Crippen LogP contribution in [0.2, 0.25) is 0 Å². The quantitative estimate of drug-likeness (QED) is 0.791. The first-order valence-electron chi connectivity index (χ1n) is 6.63. The standard InChI is InChI=1S/C15H10N6OS/c16-5-4-12(22)20-15-21-13(10-3-1-2-6-18-10)14(23-15)11-9-17-7-8-19-11/h1-3,6-9H,4H2,(H,20,21,22). The van der Waals surface area contributed by atoms with Crippen LogP contribution in [0.4, 0.5) is 5.13 Å². The number of nitriles is 1. The highest BCUT2D eigenvalue weighted by Gasteiger charge is 2.18. The molecule has 0 atom stereocenters. The Labute approximate surface area is 135 Å². The molecule has 0 bridgehead atoms. The van der Waals surface area contributed by atoms with Gasteiger partial charge in [-0.1, -0.05) is 17.4 Å². The molecule has 1 N–H and O–H groups in total. The van der Waals surface area contributed by atoms with E-state index >= 15 is 0 Å². The van der Waals surface area contributed by atoms with Crippen LogP contribution in [-0.4, -0.2) is 25.8 Å². The molecular weight excluding hydrogens is 312 g/mol. The maximum Gasteiger partial charge on any atom is 0.240 e. The van der Waals surface area contributed by atoms with E-state index in [9.17, 15) is 4.79 Å². The first kappa shape index (κ1) is 14.7. The van der Waals surface area contributed by atoms with E-state index in [1.165, 1.54) is 11.3 Å². The normalized spacial score (nSPS) is 10.0. The van der Waals surface area contributed by atoms with E-state index < -0.39 is 5.91 Å². The van der Waals surface area contributed by atoms with Crippen LogP contribution >= 0.6 is 11.3 Å². The van der Waals surface area contributed by atoms with E-state index in [0.717, 1.165) is 4.88 Å². The molecule has 0 fully saturated rings. The average molecular weight is 322 g/mol. The van der Waals surface area contributed by atoms with Gasteiger partial charge in [0.15, 0.2) is 5.13 Å². The van der Waals surface area contributed by atoms with Crippen molar-refractivity contribution in [1.82, 2.24) is 19.9 Å². The molecule has 0 radical (unpaired) electrons. The number of thiazole rings is 1. The van der Waals surface area contributed by atoms with E-state index in [1.54, 1.807) is 30.9 Å². The molecule has 7 nitrogen and oxygen atoms in total. The molecule has 0 aromatic carbocycles. The maximum atomic E-state index is 11.6. The third-order valence-corrected chi connectivity index (χ3v) is 3.81. The lowest BCUT2D eigenvalue weighted by molar-refractivity contribution is -0.115. The molecule has 0 aliphatic carbocycles. The van der Waals surface area contributed by atoms with Gasteiger partial charge in [0.2, 0.25) is 5.91 Å². The monoisotopic (exact) mass is 322 g/mol. The predicted molar refractivity (Wildman–Crippen MR) is 85.2 cm³/mol. The predicted octanol–water partition coefficient (Wildman–Crippen LogP) is 2.51. The number of amides is 1. The SMILES string of the molecule is N#CCC(=O)Nc1nc(-c2ccccn2)c(-c2cnccn2)s1. The molecule has 0 aliphatic heterocycles. The van der Waals surface area contributed by atoms with Crippen LogP contribution in [0, 0.1) is 11.3 Å². The number of nitrogens with zero attached hydrogens (tertiary/aromatic N) is 5. The minimum atomic E-state index is -0.403. The van der Waals surface area contributed by atoms with Crippen molar-refractivity contribution in [1.29, 1.82) is 5.26 Å². The highest BCUT2D eigenvalue weighted by Crippen LogP contribution is 2.36. The van der Waals surface area contributed by atoms with Crippen LogP contribution in [0.5, 0.6) is 0 Å². The molecule has 0 unspecified atom stereocenters. The van der Waals surface area contributed by atoms with Gasteiger partial charge in [0.25, 0.3) is 0 Å². The number of carbonyl (C=O) groups excluding carboxylic acids is 1. The van der Waals surface area contributed by atoms with Gasteiger partial charge in [0.1, 0.15) is 17.8 Å². The maximum absolute atomic E-state index is 11.6. The third kappa shape index (κ3) is 3.36. The van der Waals surface area contributed by atoms with Gasteiger partial charge in [-0.3, -0.25) is 19.7 Å². The zero-order valence-electron chi connectivity index (χ0n) is 11.8. The van der Waals surface area contributed by atoms with Crippen molar-refractivity contribution < 1.29 is 4.79 Å². The Morgan fingerprint density at radius 1 is 1.22 bits per heavy atom. The van der Waals surface area contributed by atoms with Gasteiger partial charge in [0.05, 0.1) is 22.8 Å². The van der Waals surface area contributed by atoms with Crippen LogP contribution in [0.15, 0.2) is 43.0 Å². The lowest BCUT2D eigenvalue weighted by atomic mass is 10.2. The summed E-state index contributed by atoms with van der Waals surface area (Å²) in [7, 11) is 0. The summed E-state index contributed by atoms with van der Waals surface area (Å²) in [6.07, 6.45) is 6.24. The summed E-state index contributed by atoms with van der Waals surface area (Å²) in [5, 5.41) is 11.6. The Bertz CT molecular complexity index is 800. The van der Waals surface area contributed by atoms with Gasteiger partial charge in [-0.05, 0) is 12.1 Å². The minimum absolute atomic E-state index is 0.223. The Hall–Kier alpha value is -3.18. The van der Waals surface area contributed by atoms with Gasteiger partial charge in [-0.15, -0.1) is 0 Å². The first-order valence-corrected chi connectivity index (χ1v) is 7.45.